The smallest absolute Gasteiger partial charge is 0.335 e. The van der Waals surface area contributed by atoms with E-state index in [1.165, 1.54) is 4.88 Å². The number of carbonyl (C=O) groups excluding carboxylic acids is 2. The minimum Gasteiger partial charge on any atom is -0.454 e. The van der Waals surface area contributed by atoms with Gasteiger partial charge in [0.1, 0.15) is 0 Å². The molecule has 2 atom stereocenters. The van der Waals surface area contributed by atoms with Crippen LogP contribution in [-0.2, 0) is 19.1 Å². The number of rotatable bonds is 8. The fourth-order valence-electron chi connectivity index (χ4n) is 2.72. The third-order valence-electron chi connectivity index (χ3n) is 4.18. The van der Waals surface area contributed by atoms with Crippen LogP contribution in [-0.4, -0.2) is 42.6 Å². The predicted molar refractivity (Wildman–Crippen MR) is 93.8 cm³/mol. The van der Waals surface area contributed by atoms with Gasteiger partial charge < -0.3 is 14.4 Å². The number of nitrogens with zero attached hydrogens (tertiary/aromatic N) is 1. The fourth-order valence-corrected chi connectivity index (χ4v) is 3.60. The molecule has 5 nitrogen and oxygen atoms in total. The number of amides is 1. The molecule has 0 saturated carbocycles. The third kappa shape index (κ3) is 5.31. The molecule has 24 heavy (non-hydrogen) atoms. The highest BCUT2D eigenvalue weighted by Crippen LogP contribution is 2.34. The zero-order chi connectivity index (χ0) is 17.5. The zero-order valence-corrected chi connectivity index (χ0v) is 15.5. The molecule has 0 bridgehead atoms. The second kappa shape index (κ2) is 9.18. The van der Waals surface area contributed by atoms with Gasteiger partial charge in [-0.15, -0.1) is 11.3 Å². The molecule has 134 valence electrons. The Labute approximate surface area is 147 Å². The van der Waals surface area contributed by atoms with Crippen LogP contribution in [0.5, 0.6) is 0 Å². The molecular weight excluding hydrogens is 326 g/mol. The summed E-state index contributed by atoms with van der Waals surface area (Å²) < 4.78 is 10.6. The van der Waals surface area contributed by atoms with Gasteiger partial charge in [-0.2, -0.15) is 0 Å². The predicted octanol–water partition coefficient (Wildman–Crippen LogP) is 3.41. The molecule has 0 radical (unpaired) electrons. The number of thiophene rings is 1. The monoisotopic (exact) mass is 353 g/mol. The van der Waals surface area contributed by atoms with Crippen LogP contribution in [0.3, 0.4) is 0 Å². The lowest BCUT2D eigenvalue weighted by Crippen LogP contribution is -2.35. The largest absolute Gasteiger partial charge is 0.454 e. The van der Waals surface area contributed by atoms with Crippen LogP contribution in [0.2, 0.25) is 0 Å². The maximum atomic E-state index is 12.4. The number of hydrogen-bond donors (Lipinski definition) is 0. The van der Waals surface area contributed by atoms with E-state index >= 15 is 0 Å². The van der Waals surface area contributed by atoms with Gasteiger partial charge >= 0.3 is 5.97 Å². The second-order valence-corrected chi connectivity index (χ2v) is 7.54. The summed E-state index contributed by atoms with van der Waals surface area (Å²) >= 11 is 1.66. The molecule has 2 heterocycles. The average Bonchev–Trinajstić information content (AvgIpc) is 3.21. The first-order valence-corrected chi connectivity index (χ1v) is 9.48. The van der Waals surface area contributed by atoms with Gasteiger partial charge in [0.2, 0.25) is 0 Å². The van der Waals surface area contributed by atoms with Gasteiger partial charge in [0.05, 0.1) is 6.04 Å². The lowest BCUT2D eigenvalue weighted by molar-refractivity contribution is -0.161. The summed E-state index contributed by atoms with van der Waals surface area (Å²) in [6.45, 7) is 6.90. The van der Waals surface area contributed by atoms with Crippen LogP contribution in [0, 0.1) is 5.92 Å². The highest BCUT2D eigenvalue weighted by Gasteiger charge is 2.31. The van der Waals surface area contributed by atoms with Gasteiger partial charge in [-0.05, 0) is 43.6 Å². The topological polar surface area (TPSA) is 55.8 Å². The minimum absolute atomic E-state index is 0.121. The average molecular weight is 353 g/mol. The van der Waals surface area contributed by atoms with E-state index in [2.05, 4.69) is 19.9 Å². The summed E-state index contributed by atoms with van der Waals surface area (Å²) in [6.07, 6.45) is 2.21. The van der Waals surface area contributed by atoms with Gasteiger partial charge in [-0.3, -0.25) is 4.79 Å². The van der Waals surface area contributed by atoms with Crippen LogP contribution >= 0.6 is 11.3 Å². The molecule has 0 aromatic carbocycles. The summed E-state index contributed by atoms with van der Waals surface area (Å²) in [5, 5.41) is 2.02. The van der Waals surface area contributed by atoms with E-state index < -0.39 is 12.1 Å². The Kier molecular flexibility index (Phi) is 7.24. The van der Waals surface area contributed by atoms with Crippen molar-refractivity contribution in [1.29, 1.82) is 0 Å². The zero-order valence-electron chi connectivity index (χ0n) is 14.7. The number of hydrogen-bond acceptors (Lipinski definition) is 5. The first kappa shape index (κ1) is 18.9. The van der Waals surface area contributed by atoms with Crippen molar-refractivity contribution in [3.8, 4) is 0 Å². The van der Waals surface area contributed by atoms with E-state index in [4.69, 9.17) is 9.47 Å². The molecule has 1 aromatic heterocycles. The van der Waals surface area contributed by atoms with E-state index in [9.17, 15) is 9.59 Å². The van der Waals surface area contributed by atoms with Crippen LogP contribution in [0.4, 0.5) is 0 Å². The molecule has 6 heteroatoms. The third-order valence-corrected chi connectivity index (χ3v) is 5.15. The normalized spacial score (nSPS) is 18.8. The maximum Gasteiger partial charge on any atom is 0.335 e. The molecular formula is C18H27NO4S. The van der Waals surface area contributed by atoms with Gasteiger partial charge in [0.25, 0.3) is 5.91 Å². The lowest BCUT2D eigenvalue weighted by Gasteiger charge is -2.24. The molecule has 0 spiro atoms. The van der Waals surface area contributed by atoms with E-state index in [1.807, 2.05) is 16.3 Å². The Balaban J connectivity index is 1.76. The number of likely N-dealkylation sites (tertiary alicyclic amines) is 1. The van der Waals surface area contributed by atoms with Crippen molar-refractivity contribution >= 4 is 23.2 Å². The van der Waals surface area contributed by atoms with Crippen molar-refractivity contribution in [2.45, 2.75) is 52.2 Å². The molecule has 1 amide bonds. The Morgan fingerprint density at radius 3 is 2.83 bits per heavy atom. The molecule has 2 rings (SSSR count). The summed E-state index contributed by atoms with van der Waals surface area (Å²) in [6, 6.07) is 4.17. The van der Waals surface area contributed by atoms with E-state index in [0.29, 0.717) is 12.5 Å². The van der Waals surface area contributed by atoms with Gasteiger partial charge in [-0.25, -0.2) is 4.79 Å². The first-order chi connectivity index (χ1) is 11.5. The number of ether oxygens (including phenoxy) is 2. The second-order valence-electron chi connectivity index (χ2n) is 6.56. The van der Waals surface area contributed by atoms with Crippen molar-refractivity contribution in [3.63, 3.8) is 0 Å². The standard InChI is InChI=1S/C18H27NO4S/c1-13(2)8-10-22-14(3)18(21)23-12-17(20)19-9-4-6-15(19)16-7-5-11-24-16/h5,7,11,13-15H,4,6,8-10,12H2,1-3H3. The first-order valence-electron chi connectivity index (χ1n) is 8.60. The molecule has 0 N–H and O–H groups in total. The lowest BCUT2D eigenvalue weighted by atomic mass is 10.1. The number of esters is 1. The highest BCUT2D eigenvalue weighted by molar-refractivity contribution is 7.10. The molecule has 1 aromatic rings. The Morgan fingerprint density at radius 1 is 1.38 bits per heavy atom. The van der Waals surface area contributed by atoms with Gasteiger partial charge in [0.15, 0.2) is 12.7 Å². The van der Waals surface area contributed by atoms with Crippen LogP contribution < -0.4 is 0 Å². The van der Waals surface area contributed by atoms with Crippen molar-refractivity contribution in [2.24, 2.45) is 5.92 Å². The summed E-state index contributed by atoms with van der Waals surface area (Å²) in [5.41, 5.74) is 0. The fraction of sp³-hybridized carbons (Fsp3) is 0.667. The SMILES string of the molecule is CC(C)CCOC(C)C(=O)OCC(=O)N1CCCC1c1cccs1. The van der Waals surface area contributed by atoms with Crippen molar-refractivity contribution in [1.82, 2.24) is 4.90 Å². The molecule has 1 aliphatic rings. The van der Waals surface area contributed by atoms with Gasteiger partial charge in [-0.1, -0.05) is 19.9 Å². The summed E-state index contributed by atoms with van der Waals surface area (Å²) in [4.78, 5) is 27.3. The van der Waals surface area contributed by atoms with Gasteiger partial charge in [0, 0.05) is 18.0 Å². The highest BCUT2D eigenvalue weighted by atomic mass is 32.1. The molecule has 1 aliphatic heterocycles. The van der Waals surface area contributed by atoms with Crippen LogP contribution in [0.15, 0.2) is 17.5 Å². The summed E-state index contributed by atoms with van der Waals surface area (Å²) in [7, 11) is 0. The van der Waals surface area contributed by atoms with E-state index in [1.54, 1.807) is 18.3 Å². The quantitative estimate of drug-likeness (QED) is 0.672. The van der Waals surface area contributed by atoms with E-state index in [0.717, 1.165) is 25.8 Å². The van der Waals surface area contributed by atoms with Crippen LogP contribution in [0.25, 0.3) is 0 Å². The molecule has 0 aliphatic carbocycles. The van der Waals surface area contributed by atoms with Crippen molar-refractivity contribution in [2.75, 3.05) is 19.8 Å². The van der Waals surface area contributed by atoms with E-state index in [-0.39, 0.29) is 18.6 Å². The van der Waals surface area contributed by atoms with Crippen LogP contribution in [0.1, 0.15) is 51.0 Å². The molecule has 2 unspecified atom stereocenters. The van der Waals surface area contributed by atoms with Crippen molar-refractivity contribution in [3.05, 3.63) is 22.4 Å². The maximum absolute atomic E-state index is 12.4. The molecule has 1 fully saturated rings. The summed E-state index contributed by atoms with van der Waals surface area (Å²) in [5.74, 6) is -0.0771. The Bertz CT molecular complexity index is 529. The Morgan fingerprint density at radius 2 is 2.17 bits per heavy atom. The van der Waals surface area contributed by atoms with Crippen molar-refractivity contribution < 1.29 is 19.1 Å². The number of carbonyl (C=O) groups is 2. The Hall–Kier alpha value is -1.40. The minimum atomic E-state index is -0.636. The molecule has 1 saturated heterocycles.